The van der Waals surface area contributed by atoms with E-state index in [2.05, 4.69) is 0 Å². The Labute approximate surface area is 112 Å². The van der Waals surface area contributed by atoms with Crippen molar-refractivity contribution in [3.05, 3.63) is 30.3 Å². The quantitative estimate of drug-likeness (QED) is 0.776. The Balaban J connectivity index is 1.64. The highest BCUT2D eigenvalue weighted by molar-refractivity contribution is 8.00. The molecule has 0 aromatic heterocycles. The normalized spacial score (nSPS) is 18.9. The minimum Gasteiger partial charge on any atom is -0.457 e. The summed E-state index contributed by atoms with van der Waals surface area (Å²) >= 11 is 7.06. The molecular formula is C13H16O2S2. The van der Waals surface area contributed by atoms with Gasteiger partial charge in [-0.1, -0.05) is 18.2 Å². The number of para-hydroxylation sites is 1. The first-order valence-corrected chi connectivity index (χ1v) is 7.31. The van der Waals surface area contributed by atoms with Gasteiger partial charge in [0.25, 0.3) is 0 Å². The zero-order valence-electron chi connectivity index (χ0n) is 9.63. The van der Waals surface area contributed by atoms with E-state index in [1.54, 1.807) is 0 Å². The predicted molar refractivity (Wildman–Crippen MR) is 75.7 cm³/mol. The van der Waals surface area contributed by atoms with Crippen LogP contribution in [0, 0.1) is 0 Å². The molecule has 1 saturated heterocycles. The first-order chi connectivity index (χ1) is 8.34. The molecule has 0 bridgehead atoms. The number of thiocarbonyl (C=S) groups is 1. The Morgan fingerprint density at radius 2 is 2.18 bits per heavy atom. The first kappa shape index (κ1) is 12.7. The van der Waals surface area contributed by atoms with Gasteiger partial charge in [0.1, 0.15) is 5.75 Å². The monoisotopic (exact) mass is 268 g/mol. The molecule has 1 aromatic carbocycles. The molecule has 1 aliphatic rings. The van der Waals surface area contributed by atoms with E-state index in [9.17, 15) is 0 Å². The van der Waals surface area contributed by atoms with Gasteiger partial charge >= 0.3 is 5.24 Å². The summed E-state index contributed by atoms with van der Waals surface area (Å²) in [5, 5.41) is 0.966. The van der Waals surface area contributed by atoms with Crippen molar-refractivity contribution in [2.24, 2.45) is 0 Å². The molecule has 0 amide bonds. The van der Waals surface area contributed by atoms with Gasteiger partial charge in [0.15, 0.2) is 0 Å². The highest BCUT2D eigenvalue weighted by Gasteiger charge is 2.15. The zero-order valence-corrected chi connectivity index (χ0v) is 11.3. The van der Waals surface area contributed by atoms with Gasteiger partial charge in [-0.25, -0.2) is 0 Å². The minimum atomic E-state index is 0.221. The van der Waals surface area contributed by atoms with E-state index in [0.29, 0.717) is 6.61 Å². The Kier molecular flexibility index (Phi) is 5.13. The Bertz CT molecular complexity index is 348. The standard InChI is InChI=1S/C13H16O2S2/c16-13(15-11-5-2-1-3-6-11)14-9-8-12-7-4-10-17-12/h1-3,5-6,12H,4,7-10H2. The lowest BCUT2D eigenvalue weighted by Crippen LogP contribution is -2.13. The van der Waals surface area contributed by atoms with Crippen molar-refractivity contribution in [2.45, 2.75) is 24.5 Å². The van der Waals surface area contributed by atoms with Crippen LogP contribution in [0.5, 0.6) is 5.75 Å². The maximum atomic E-state index is 5.40. The molecule has 4 heteroatoms. The molecule has 1 aromatic rings. The van der Waals surface area contributed by atoms with E-state index in [4.69, 9.17) is 21.7 Å². The molecule has 2 rings (SSSR count). The molecule has 0 spiro atoms. The van der Waals surface area contributed by atoms with Gasteiger partial charge < -0.3 is 9.47 Å². The SMILES string of the molecule is S=C(OCCC1CCCS1)Oc1ccccc1. The molecule has 0 aliphatic carbocycles. The lowest BCUT2D eigenvalue weighted by Gasteiger charge is -2.11. The largest absolute Gasteiger partial charge is 0.457 e. The summed E-state index contributed by atoms with van der Waals surface area (Å²) in [4.78, 5) is 0. The zero-order chi connectivity index (χ0) is 11.9. The van der Waals surface area contributed by atoms with Crippen LogP contribution in [0.15, 0.2) is 30.3 Å². The van der Waals surface area contributed by atoms with Crippen molar-refractivity contribution in [1.29, 1.82) is 0 Å². The maximum Gasteiger partial charge on any atom is 0.357 e. The lowest BCUT2D eigenvalue weighted by atomic mass is 10.2. The average Bonchev–Trinajstić information content (AvgIpc) is 2.83. The summed E-state index contributed by atoms with van der Waals surface area (Å²) in [6.45, 7) is 0.656. The van der Waals surface area contributed by atoms with Crippen LogP contribution in [0.1, 0.15) is 19.3 Å². The van der Waals surface area contributed by atoms with Gasteiger partial charge in [0.2, 0.25) is 0 Å². The topological polar surface area (TPSA) is 18.5 Å². The van der Waals surface area contributed by atoms with Crippen molar-refractivity contribution in [1.82, 2.24) is 0 Å². The predicted octanol–water partition coefficient (Wildman–Crippen LogP) is 3.65. The summed E-state index contributed by atoms with van der Waals surface area (Å²) in [5.41, 5.74) is 0. The molecule has 0 saturated carbocycles. The van der Waals surface area contributed by atoms with E-state index < -0.39 is 0 Å². The summed E-state index contributed by atoms with van der Waals surface area (Å²) < 4.78 is 10.8. The van der Waals surface area contributed by atoms with Gasteiger partial charge in [-0.05, 0) is 37.1 Å². The first-order valence-electron chi connectivity index (χ1n) is 5.86. The van der Waals surface area contributed by atoms with Crippen LogP contribution >= 0.6 is 24.0 Å². The van der Waals surface area contributed by atoms with Crippen molar-refractivity contribution in [3.63, 3.8) is 0 Å². The summed E-state index contributed by atoms with van der Waals surface area (Å²) in [6, 6.07) is 9.49. The molecular weight excluding hydrogens is 252 g/mol. The van der Waals surface area contributed by atoms with Crippen molar-refractivity contribution >= 4 is 29.2 Å². The summed E-state index contributed by atoms with van der Waals surface area (Å²) in [5.74, 6) is 2.02. The molecule has 1 aliphatic heterocycles. The lowest BCUT2D eigenvalue weighted by molar-refractivity contribution is 0.243. The second-order valence-electron chi connectivity index (χ2n) is 3.94. The number of benzene rings is 1. The Morgan fingerprint density at radius 3 is 2.88 bits per heavy atom. The smallest absolute Gasteiger partial charge is 0.357 e. The van der Waals surface area contributed by atoms with Crippen molar-refractivity contribution in [3.8, 4) is 5.75 Å². The third kappa shape index (κ3) is 4.56. The number of hydrogen-bond acceptors (Lipinski definition) is 4. The van der Waals surface area contributed by atoms with Crippen LogP contribution in [0.4, 0.5) is 0 Å². The third-order valence-electron chi connectivity index (χ3n) is 2.63. The van der Waals surface area contributed by atoms with Gasteiger partial charge in [-0.15, -0.1) is 0 Å². The van der Waals surface area contributed by atoms with Gasteiger partial charge in [-0.2, -0.15) is 11.8 Å². The second-order valence-corrected chi connectivity index (χ2v) is 5.68. The minimum absolute atomic E-state index is 0.221. The molecule has 1 atom stereocenters. The van der Waals surface area contributed by atoms with Crippen molar-refractivity contribution in [2.75, 3.05) is 12.4 Å². The molecule has 0 N–H and O–H groups in total. The van der Waals surface area contributed by atoms with Crippen LogP contribution in [-0.2, 0) is 4.74 Å². The van der Waals surface area contributed by atoms with Crippen LogP contribution < -0.4 is 4.74 Å². The Morgan fingerprint density at radius 1 is 1.35 bits per heavy atom. The van der Waals surface area contributed by atoms with Crippen LogP contribution in [0.3, 0.4) is 0 Å². The van der Waals surface area contributed by atoms with E-state index in [1.165, 1.54) is 18.6 Å². The fourth-order valence-corrected chi connectivity index (χ4v) is 3.20. The summed E-state index contributed by atoms with van der Waals surface area (Å²) in [6.07, 6.45) is 3.70. The average molecular weight is 268 g/mol. The van der Waals surface area contributed by atoms with Crippen LogP contribution in [0.25, 0.3) is 0 Å². The van der Waals surface area contributed by atoms with Gasteiger partial charge in [-0.3, -0.25) is 0 Å². The molecule has 1 unspecified atom stereocenters. The molecule has 0 radical (unpaired) electrons. The Hall–Kier alpha value is -0.740. The maximum absolute atomic E-state index is 5.40. The van der Waals surface area contributed by atoms with Crippen LogP contribution in [-0.4, -0.2) is 22.8 Å². The fourth-order valence-electron chi connectivity index (χ4n) is 1.76. The summed E-state index contributed by atoms with van der Waals surface area (Å²) in [7, 11) is 0. The molecule has 1 fully saturated rings. The van der Waals surface area contributed by atoms with Crippen LogP contribution in [0.2, 0.25) is 0 Å². The highest BCUT2D eigenvalue weighted by atomic mass is 32.2. The molecule has 17 heavy (non-hydrogen) atoms. The molecule has 92 valence electrons. The molecule has 2 nitrogen and oxygen atoms in total. The van der Waals surface area contributed by atoms with E-state index in [-0.39, 0.29) is 5.24 Å². The number of ether oxygens (including phenoxy) is 2. The third-order valence-corrected chi connectivity index (χ3v) is 4.30. The fraction of sp³-hybridized carbons (Fsp3) is 0.462. The number of rotatable bonds is 4. The van der Waals surface area contributed by atoms with E-state index in [0.717, 1.165) is 17.4 Å². The number of thioether (sulfide) groups is 1. The molecule has 1 heterocycles. The van der Waals surface area contributed by atoms with E-state index in [1.807, 2.05) is 42.1 Å². The number of hydrogen-bond donors (Lipinski definition) is 0. The van der Waals surface area contributed by atoms with Gasteiger partial charge in [0, 0.05) is 17.5 Å². The second kappa shape index (κ2) is 6.87. The highest BCUT2D eigenvalue weighted by Crippen LogP contribution is 2.28. The van der Waals surface area contributed by atoms with E-state index >= 15 is 0 Å². The van der Waals surface area contributed by atoms with Gasteiger partial charge in [0.05, 0.1) is 6.61 Å². The van der Waals surface area contributed by atoms with Crippen molar-refractivity contribution < 1.29 is 9.47 Å².